The zero-order valence-electron chi connectivity index (χ0n) is 26.7. The molecule has 0 heterocycles. The highest BCUT2D eigenvalue weighted by Crippen LogP contribution is 2.34. The third kappa shape index (κ3) is 7.63. The van der Waals surface area contributed by atoms with Crippen LogP contribution in [0.15, 0.2) is 51.3 Å². The summed E-state index contributed by atoms with van der Waals surface area (Å²) in [5.41, 5.74) is 1.19. The van der Waals surface area contributed by atoms with Gasteiger partial charge in [-0.2, -0.15) is 30.0 Å². The summed E-state index contributed by atoms with van der Waals surface area (Å²) in [4.78, 5) is -0.534. The molecular weight excluding hydrogens is 631 g/mol. The fourth-order valence-corrected chi connectivity index (χ4v) is 6.95. The average molecular weight is 670 g/mol. The molecule has 0 aliphatic heterocycles. The highest BCUT2D eigenvalue weighted by atomic mass is 32.2. The fourth-order valence-electron chi connectivity index (χ4n) is 4.66. The van der Waals surface area contributed by atoms with E-state index in [1.165, 1.54) is 32.9 Å². The summed E-state index contributed by atoms with van der Waals surface area (Å²) in [5, 5.41) is 3.08. The first-order valence-corrected chi connectivity index (χ1v) is 17.1. The number of rotatable bonds is 11. The molecule has 0 aliphatic carbocycles. The fraction of sp³-hybridized carbons (Fsp3) is 0.406. The zero-order chi connectivity index (χ0) is 34.1. The molecule has 13 heteroatoms. The van der Waals surface area contributed by atoms with Crippen LogP contribution in [0.3, 0.4) is 0 Å². The molecule has 0 amide bonds. The Bertz CT molecular complexity index is 1850. The van der Waals surface area contributed by atoms with Crippen LogP contribution in [0, 0.1) is 41.5 Å². The molecule has 1 unspecified atom stereocenters. The molecule has 0 aromatic heterocycles. The number of alkyl halides is 3. The Morgan fingerprint density at radius 1 is 0.733 bits per heavy atom. The van der Waals surface area contributed by atoms with Gasteiger partial charge >= 0.3 is 26.4 Å². The number of hydrogen-bond acceptors (Lipinski definition) is 8. The first-order valence-electron chi connectivity index (χ1n) is 14.3. The van der Waals surface area contributed by atoms with Crippen molar-refractivity contribution >= 4 is 25.9 Å². The Labute approximate surface area is 263 Å². The van der Waals surface area contributed by atoms with Gasteiger partial charge in [0.2, 0.25) is 0 Å². The van der Waals surface area contributed by atoms with Crippen LogP contribution in [-0.4, -0.2) is 34.8 Å². The highest BCUT2D eigenvalue weighted by Gasteiger charge is 2.40. The molecular formula is C32H38F3NO7S2. The van der Waals surface area contributed by atoms with Gasteiger partial charge in [0.05, 0.1) is 6.10 Å². The Balaban J connectivity index is 1.98. The maximum absolute atomic E-state index is 14.1. The zero-order valence-corrected chi connectivity index (χ0v) is 28.3. The van der Waals surface area contributed by atoms with E-state index in [1.54, 1.807) is 19.9 Å². The summed E-state index contributed by atoms with van der Waals surface area (Å²) < 4.78 is 111. The van der Waals surface area contributed by atoms with E-state index < -0.39 is 37.0 Å². The third-order valence-electron chi connectivity index (χ3n) is 8.05. The molecule has 0 radical (unpaired) electrons. The Morgan fingerprint density at radius 3 is 1.84 bits per heavy atom. The van der Waals surface area contributed by atoms with Crippen LogP contribution in [0.5, 0.6) is 11.5 Å². The maximum Gasteiger partial charge on any atom is 0.437 e. The summed E-state index contributed by atoms with van der Waals surface area (Å²) in [7, 11) is -9.18. The molecule has 8 nitrogen and oxygen atoms in total. The molecule has 3 aromatic rings. The van der Waals surface area contributed by atoms with Gasteiger partial charge in [0.25, 0.3) is 0 Å². The second-order valence-electron chi connectivity index (χ2n) is 10.8. The molecule has 0 spiro atoms. The number of nitrogens with zero attached hydrogens (tertiary/aromatic N) is 1. The van der Waals surface area contributed by atoms with Crippen molar-refractivity contribution in [3.8, 4) is 11.5 Å². The van der Waals surface area contributed by atoms with E-state index in [1.807, 2.05) is 27.7 Å². The number of halogens is 3. The predicted molar refractivity (Wildman–Crippen MR) is 166 cm³/mol. The van der Waals surface area contributed by atoms with Crippen molar-refractivity contribution in [2.75, 3.05) is 0 Å². The molecule has 0 aliphatic rings. The van der Waals surface area contributed by atoms with Crippen LogP contribution in [-0.2, 0) is 30.9 Å². The van der Waals surface area contributed by atoms with Gasteiger partial charge in [-0.1, -0.05) is 25.1 Å². The molecule has 0 bridgehead atoms. The first-order chi connectivity index (χ1) is 20.8. The second-order valence-corrected chi connectivity index (χ2v) is 13.9. The van der Waals surface area contributed by atoms with Crippen LogP contribution < -0.4 is 8.92 Å². The molecule has 246 valence electrons. The van der Waals surface area contributed by atoms with E-state index in [4.69, 9.17) is 8.92 Å². The number of hydrogen-bond donors (Lipinski definition) is 0. The summed E-state index contributed by atoms with van der Waals surface area (Å²) in [6.07, 6.45) is -3.82. The van der Waals surface area contributed by atoms with Gasteiger partial charge in [0.1, 0.15) is 21.3 Å². The summed E-state index contributed by atoms with van der Waals surface area (Å²) in [5.74, 6) is 0.257. The molecule has 0 N–H and O–H groups in total. The van der Waals surface area contributed by atoms with E-state index >= 15 is 0 Å². The van der Waals surface area contributed by atoms with E-state index in [0.717, 1.165) is 35.7 Å². The lowest BCUT2D eigenvalue weighted by atomic mass is 9.98. The summed E-state index contributed by atoms with van der Waals surface area (Å²) in [6, 6.07) is 7.80. The second kappa shape index (κ2) is 13.4. The Hall–Kier alpha value is -3.58. The topological polar surface area (TPSA) is 108 Å². The number of benzene rings is 3. The van der Waals surface area contributed by atoms with Crippen molar-refractivity contribution in [2.45, 2.75) is 97.2 Å². The van der Waals surface area contributed by atoms with Crippen LogP contribution in [0.25, 0.3) is 0 Å². The molecule has 3 aromatic carbocycles. The van der Waals surface area contributed by atoms with Crippen LogP contribution >= 0.6 is 0 Å². The maximum atomic E-state index is 14.1. The van der Waals surface area contributed by atoms with Crippen LogP contribution in [0.1, 0.15) is 71.7 Å². The highest BCUT2D eigenvalue weighted by molar-refractivity contribution is 7.87. The van der Waals surface area contributed by atoms with Crippen LogP contribution in [0.2, 0.25) is 0 Å². The lowest BCUT2D eigenvalue weighted by Crippen LogP contribution is -2.26. The Kier molecular flexibility index (Phi) is 10.7. The van der Waals surface area contributed by atoms with Gasteiger partial charge in [-0.25, -0.2) is 0 Å². The number of oxime groups is 1. The van der Waals surface area contributed by atoms with Crippen molar-refractivity contribution in [3.63, 3.8) is 0 Å². The van der Waals surface area contributed by atoms with Crippen molar-refractivity contribution in [2.24, 2.45) is 5.16 Å². The third-order valence-corrected chi connectivity index (χ3v) is 10.7. The lowest BCUT2D eigenvalue weighted by Gasteiger charge is -2.19. The minimum Gasteiger partial charge on any atom is -0.490 e. The quantitative estimate of drug-likeness (QED) is 0.117. The van der Waals surface area contributed by atoms with Crippen molar-refractivity contribution < 1.29 is 43.2 Å². The minimum atomic E-state index is -5.06. The molecule has 45 heavy (non-hydrogen) atoms. The Morgan fingerprint density at radius 2 is 1.27 bits per heavy atom. The van der Waals surface area contributed by atoms with Crippen molar-refractivity contribution in [1.29, 1.82) is 0 Å². The van der Waals surface area contributed by atoms with E-state index in [2.05, 4.69) is 9.44 Å². The monoisotopic (exact) mass is 669 g/mol. The van der Waals surface area contributed by atoms with E-state index in [-0.39, 0.29) is 39.0 Å². The predicted octanol–water partition coefficient (Wildman–Crippen LogP) is 7.72. The molecule has 0 saturated heterocycles. The van der Waals surface area contributed by atoms with Crippen molar-refractivity contribution in [1.82, 2.24) is 0 Å². The molecule has 0 fully saturated rings. The van der Waals surface area contributed by atoms with E-state index in [0.29, 0.717) is 23.3 Å². The molecule has 3 rings (SSSR count). The largest absolute Gasteiger partial charge is 0.490 e. The molecule has 0 saturated carbocycles. The summed E-state index contributed by atoms with van der Waals surface area (Å²) in [6.45, 7) is 15.0. The van der Waals surface area contributed by atoms with Gasteiger partial charge in [-0.15, -0.1) is 0 Å². The van der Waals surface area contributed by atoms with E-state index in [9.17, 15) is 30.0 Å². The molecule has 1 atom stereocenters. The SMILES string of the molecule is CCc1ccc(S(=O)(=O)Oc2ccc(S(=O)(=O)ON=C(c3ccc(OC(C)CC)c(C)c3C)C(F)(F)F)c(C)c2C)c(C)c1C. The standard InChI is InChI=1S/C32H38F3NO7S2/c1-10-18(3)41-27-14-13-26(20(5)21(27)6)31(32(33,34)35)36-43-45(39,40)30-17-15-28(22(7)24(30)9)42-44(37,38)29-16-12-25(11-2)19(4)23(29)8/h12-18H,10-11H2,1-9H3. The van der Waals surface area contributed by atoms with Crippen molar-refractivity contribution in [3.05, 3.63) is 80.9 Å². The minimum absolute atomic E-state index is 0.0132. The number of ether oxygens (including phenoxy) is 1. The average Bonchev–Trinajstić information content (AvgIpc) is 2.95. The first kappa shape index (κ1) is 35.9. The summed E-state index contributed by atoms with van der Waals surface area (Å²) >= 11 is 0. The van der Waals surface area contributed by atoms with Gasteiger partial charge < -0.3 is 8.92 Å². The van der Waals surface area contributed by atoms with Gasteiger partial charge in [-0.05, 0) is 131 Å². The normalized spacial score (nSPS) is 13.5. The van der Waals surface area contributed by atoms with Gasteiger partial charge in [0, 0.05) is 5.56 Å². The van der Waals surface area contributed by atoms with Gasteiger partial charge in [-0.3, -0.25) is 4.28 Å². The van der Waals surface area contributed by atoms with Crippen LogP contribution in [0.4, 0.5) is 13.2 Å². The smallest absolute Gasteiger partial charge is 0.437 e. The van der Waals surface area contributed by atoms with Gasteiger partial charge in [0.15, 0.2) is 5.71 Å². The lowest BCUT2D eigenvalue weighted by molar-refractivity contribution is -0.0597. The number of aryl methyl sites for hydroxylation is 1.